The molecule has 1 aliphatic rings. The molecule has 2 rings (SSSR count). The van der Waals surface area contributed by atoms with Crippen LogP contribution < -0.4 is 5.32 Å². The van der Waals surface area contributed by atoms with Crippen molar-refractivity contribution in [2.45, 2.75) is 64.7 Å². The molecule has 2 nitrogen and oxygen atoms in total. The van der Waals surface area contributed by atoms with Crippen molar-refractivity contribution in [3.63, 3.8) is 0 Å². The average molecular weight is 261 g/mol. The highest BCUT2D eigenvalue weighted by molar-refractivity contribution is 5.25. The van der Waals surface area contributed by atoms with Crippen molar-refractivity contribution in [2.24, 2.45) is 0 Å². The van der Waals surface area contributed by atoms with Crippen LogP contribution in [0.2, 0.25) is 0 Å². The molecule has 0 bridgehead atoms. The second kappa shape index (κ2) is 7.06. The molecule has 1 fully saturated rings. The predicted octanol–water partition coefficient (Wildman–Crippen LogP) is 3.99. The van der Waals surface area contributed by atoms with Crippen LogP contribution in [0.15, 0.2) is 24.3 Å². The van der Waals surface area contributed by atoms with E-state index in [0.29, 0.717) is 12.1 Å². The Morgan fingerprint density at radius 2 is 1.95 bits per heavy atom. The summed E-state index contributed by atoms with van der Waals surface area (Å²) in [6.07, 6.45) is 5.68. The van der Waals surface area contributed by atoms with Crippen molar-refractivity contribution in [3.05, 3.63) is 35.4 Å². The Balaban J connectivity index is 2.02. The molecular formula is C17H27NO. The third-order valence-electron chi connectivity index (χ3n) is 3.98. The molecule has 106 valence electrons. The van der Waals surface area contributed by atoms with Crippen molar-refractivity contribution in [1.29, 1.82) is 0 Å². The van der Waals surface area contributed by atoms with E-state index in [1.807, 2.05) is 0 Å². The zero-order valence-corrected chi connectivity index (χ0v) is 12.5. The van der Waals surface area contributed by atoms with Gasteiger partial charge in [-0.3, -0.25) is 0 Å². The maximum atomic E-state index is 6.17. The van der Waals surface area contributed by atoms with Gasteiger partial charge >= 0.3 is 0 Å². The second-order valence-electron chi connectivity index (χ2n) is 5.74. The van der Waals surface area contributed by atoms with Crippen LogP contribution in [0.3, 0.4) is 0 Å². The first-order chi connectivity index (χ1) is 9.20. The molecule has 0 aromatic heterocycles. The van der Waals surface area contributed by atoms with Gasteiger partial charge in [-0.1, -0.05) is 36.8 Å². The van der Waals surface area contributed by atoms with Crippen LogP contribution >= 0.6 is 0 Å². The van der Waals surface area contributed by atoms with Crippen molar-refractivity contribution < 1.29 is 4.74 Å². The van der Waals surface area contributed by atoms with E-state index in [4.69, 9.17) is 4.74 Å². The van der Waals surface area contributed by atoms with E-state index in [0.717, 1.165) is 13.0 Å². The van der Waals surface area contributed by atoms with Gasteiger partial charge < -0.3 is 10.1 Å². The van der Waals surface area contributed by atoms with Crippen LogP contribution in [0.5, 0.6) is 0 Å². The first-order valence-corrected chi connectivity index (χ1v) is 7.66. The summed E-state index contributed by atoms with van der Waals surface area (Å²) in [7, 11) is 0. The molecule has 2 atom stereocenters. The molecule has 1 aromatic rings. The summed E-state index contributed by atoms with van der Waals surface area (Å²) in [4.78, 5) is 0. The molecule has 1 N–H and O–H groups in total. The highest BCUT2D eigenvalue weighted by Gasteiger charge is 2.25. The molecule has 0 spiro atoms. The van der Waals surface area contributed by atoms with Crippen LogP contribution in [0.4, 0.5) is 0 Å². The molecule has 0 aliphatic heterocycles. The first-order valence-electron chi connectivity index (χ1n) is 7.66. The fourth-order valence-corrected chi connectivity index (χ4v) is 2.52. The normalized spacial score (nSPS) is 18.9. The van der Waals surface area contributed by atoms with Crippen LogP contribution in [-0.2, 0) is 4.74 Å². The molecule has 1 saturated carbocycles. The number of rotatable bonds is 7. The van der Waals surface area contributed by atoms with Gasteiger partial charge in [-0.25, -0.2) is 0 Å². The van der Waals surface area contributed by atoms with Gasteiger partial charge in [-0.15, -0.1) is 0 Å². The standard InChI is InChI=1S/C17H27NO/c1-4-12-18-17(14(3)19-16-6-5-7-16)15-10-8-13(2)9-11-15/h8-11,14,16-18H,4-7,12H2,1-3H3. The Labute approximate surface area is 117 Å². The lowest BCUT2D eigenvalue weighted by atomic mass is 9.95. The van der Waals surface area contributed by atoms with Crippen molar-refractivity contribution in [1.82, 2.24) is 5.32 Å². The summed E-state index contributed by atoms with van der Waals surface area (Å²) in [5.41, 5.74) is 2.65. The Morgan fingerprint density at radius 3 is 2.47 bits per heavy atom. The van der Waals surface area contributed by atoms with E-state index in [1.165, 1.54) is 30.4 Å². The minimum Gasteiger partial charge on any atom is -0.373 e. The minimum absolute atomic E-state index is 0.236. The largest absolute Gasteiger partial charge is 0.373 e. The number of ether oxygens (including phenoxy) is 1. The topological polar surface area (TPSA) is 21.3 Å². The van der Waals surface area contributed by atoms with Crippen molar-refractivity contribution in [2.75, 3.05) is 6.54 Å². The highest BCUT2D eigenvalue weighted by Crippen LogP contribution is 2.28. The van der Waals surface area contributed by atoms with Gasteiger partial charge in [-0.05, 0) is 51.6 Å². The number of hydrogen-bond donors (Lipinski definition) is 1. The Kier molecular flexibility index (Phi) is 5.41. The van der Waals surface area contributed by atoms with Crippen molar-refractivity contribution in [3.8, 4) is 0 Å². The molecule has 0 saturated heterocycles. The molecule has 19 heavy (non-hydrogen) atoms. The van der Waals surface area contributed by atoms with Gasteiger partial charge in [0.2, 0.25) is 0 Å². The highest BCUT2D eigenvalue weighted by atomic mass is 16.5. The fourth-order valence-electron chi connectivity index (χ4n) is 2.52. The van der Waals surface area contributed by atoms with Gasteiger partial charge in [0.15, 0.2) is 0 Å². The SMILES string of the molecule is CCCNC(c1ccc(C)cc1)C(C)OC1CCC1. The number of aryl methyl sites for hydroxylation is 1. The molecule has 0 radical (unpaired) electrons. The summed E-state index contributed by atoms with van der Waals surface area (Å²) < 4.78 is 6.17. The van der Waals surface area contributed by atoms with Crippen molar-refractivity contribution >= 4 is 0 Å². The number of benzene rings is 1. The lowest BCUT2D eigenvalue weighted by Crippen LogP contribution is -2.36. The first kappa shape index (κ1) is 14.5. The summed E-state index contributed by atoms with van der Waals surface area (Å²) in [5, 5.41) is 3.63. The molecular weight excluding hydrogens is 234 g/mol. The van der Waals surface area contributed by atoms with E-state index < -0.39 is 0 Å². The quantitative estimate of drug-likeness (QED) is 0.801. The minimum atomic E-state index is 0.236. The predicted molar refractivity (Wildman–Crippen MR) is 80.4 cm³/mol. The molecule has 2 heteroatoms. The maximum absolute atomic E-state index is 6.17. The van der Waals surface area contributed by atoms with Gasteiger partial charge in [0, 0.05) is 0 Å². The smallest absolute Gasteiger partial charge is 0.0745 e. The summed E-state index contributed by atoms with van der Waals surface area (Å²) in [5.74, 6) is 0. The van der Waals surface area contributed by atoms with E-state index >= 15 is 0 Å². The van der Waals surface area contributed by atoms with E-state index in [2.05, 4.69) is 50.4 Å². The van der Waals surface area contributed by atoms with Gasteiger partial charge in [-0.2, -0.15) is 0 Å². The fraction of sp³-hybridized carbons (Fsp3) is 0.647. The number of hydrogen-bond acceptors (Lipinski definition) is 2. The van der Waals surface area contributed by atoms with E-state index in [9.17, 15) is 0 Å². The Hall–Kier alpha value is -0.860. The van der Waals surface area contributed by atoms with Crippen LogP contribution in [0.25, 0.3) is 0 Å². The maximum Gasteiger partial charge on any atom is 0.0745 e. The summed E-state index contributed by atoms with van der Waals surface area (Å²) in [6, 6.07) is 9.13. The van der Waals surface area contributed by atoms with E-state index in [-0.39, 0.29) is 6.10 Å². The third-order valence-corrected chi connectivity index (χ3v) is 3.98. The molecule has 1 aliphatic carbocycles. The average Bonchev–Trinajstić information content (AvgIpc) is 2.36. The summed E-state index contributed by atoms with van der Waals surface area (Å²) in [6.45, 7) is 7.58. The second-order valence-corrected chi connectivity index (χ2v) is 5.74. The van der Waals surface area contributed by atoms with Gasteiger partial charge in [0.05, 0.1) is 18.2 Å². The van der Waals surface area contributed by atoms with Gasteiger partial charge in [0.25, 0.3) is 0 Å². The monoisotopic (exact) mass is 261 g/mol. The van der Waals surface area contributed by atoms with Crippen LogP contribution in [0, 0.1) is 6.92 Å². The van der Waals surface area contributed by atoms with E-state index in [1.54, 1.807) is 0 Å². The van der Waals surface area contributed by atoms with Crippen LogP contribution in [-0.4, -0.2) is 18.8 Å². The lowest BCUT2D eigenvalue weighted by molar-refractivity contribution is -0.0582. The molecule has 0 heterocycles. The molecule has 2 unspecified atom stereocenters. The molecule has 0 amide bonds. The lowest BCUT2D eigenvalue weighted by Gasteiger charge is -2.33. The van der Waals surface area contributed by atoms with Gasteiger partial charge in [0.1, 0.15) is 0 Å². The number of nitrogens with one attached hydrogen (secondary N) is 1. The third kappa shape index (κ3) is 4.05. The Morgan fingerprint density at radius 1 is 1.26 bits per heavy atom. The summed E-state index contributed by atoms with van der Waals surface area (Å²) >= 11 is 0. The zero-order valence-electron chi connectivity index (χ0n) is 12.5. The van der Waals surface area contributed by atoms with Crippen LogP contribution in [0.1, 0.15) is 56.7 Å². The Bertz CT molecular complexity index is 369. The molecule has 1 aromatic carbocycles. The zero-order chi connectivity index (χ0) is 13.7.